The molecule has 6 nitrogen and oxygen atoms in total. The third-order valence-electron chi connectivity index (χ3n) is 5.33. The summed E-state index contributed by atoms with van der Waals surface area (Å²) in [6.07, 6.45) is 3.35. The average molecular weight is 416 g/mol. The summed E-state index contributed by atoms with van der Waals surface area (Å²) in [6, 6.07) is 8.33. The molecule has 154 valence electrons. The molecule has 0 bridgehead atoms. The highest BCUT2D eigenvalue weighted by Crippen LogP contribution is 2.37. The predicted octanol–water partition coefficient (Wildman–Crippen LogP) is 4.41. The van der Waals surface area contributed by atoms with Gasteiger partial charge < -0.3 is 15.7 Å². The Morgan fingerprint density at radius 3 is 2.83 bits per heavy atom. The molecule has 2 heterocycles. The molecule has 1 fully saturated rings. The number of nitrogens with zero attached hydrogens (tertiary/aromatic N) is 3. The van der Waals surface area contributed by atoms with E-state index in [1.54, 1.807) is 11.3 Å². The third kappa shape index (κ3) is 4.48. The van der Waals surface area contributed by atoms with Gasteiger partial charge >= 0.3 is 0 Å². The van der Waals surface area contributed by atoms with Crippen LogP contribution in [0.25, 0.3) is 20.8 Å². The Hall–Kier alpha value is -2.32. The Morgan fingerprint density at radius 1 is 1.21 bits per heavy atom. The lowest BCUT2D eigenvalue weighted by molar-refractivity contribution is 0.229. The Balaban J connectivity index is 1.69. The molecule has 2 aromatic heterocycles. The number of hydrogen-bond donors (Lipinski definition) is 3. The van der Waals surface area contributed by atoms with Crippen molar-refractivity contribution in [2.75, 3.05) is 30.5 Å². The number of aromatic nitrogens is 3. The number of alkyl halides is 1. The van der Waals surface area contributed by atoms with E-state index in [1.807, 2.05) is 25.1 Å². The molecule has 1 unspecified atom stereocenters. The summed E-state index contributed by atoms with van der Waals surface area (Å²) >= 11 is 1.63. The van der Waals surface area contributed by atoms with E-state index in [4.69, 9.17) is 9.97 Å². The summed E-state index contributed by atoms with van der Waals surface area (Å²) in [7, 11) is 0. The molecule has 0 radical (unpaired) electrons. The van der Waals surface area contributed by atoms with E-state index in [1.165, 1.54) is 0 Å². The summed E-state index contributed by atoms with van der Waals surface area (Å²) in [6.45, 7) is 2.30. The molecule has 0 amide bonds. The Labute approximate surface area is 173 Å². The minimum Gasteiger partial charge on any atom is -0.396 e. The topological polar surface area (TPSA) is 83.0 Å². The molecule has 8 heteroatoms. The molecule has 3 N–H and O–H groups in total. The first-order valence-corrected chi connectivity index (χ1v) is 10.9. The lowest BCUT2D eigenvalue weighted by Crippen LogP contribution is -2.19. The molecule has 4 rings (SSSR count). The number of aryl methyl sites for hydroxylation is 1. The summed E-state index contributed by atoms with van der Waals surface area (Å²) in [5, 5.41) is 17.1. The van der Waals surface area contributed by atoms with Gasteiger partial charge in [-0.1, -0.05) is 12.1 Å². The Bertz CT molecular complexity index is 946. The lowest BCUT2D eigenvalue weighted by atomic mass is 10.1. The number of hydrogen-bond acceptors (Lipinski definition) is 7. The summed E-state index contributed by atoms with van der Waals surface area (Å²) in [5.41, 5.74) is 2.71. The average Bonchev–Trinajstić information content (AvgIpc) is 3.34. The number of aliphatic hydroxyl groups excluding tert-OH is 1. The molecule has 0 aliphatic heterocycles. The van der Waals surface area contributed by atoms with Gasteiger partial charge in [0.15, 0.2) is 0 Å². The first-order valence-electron chi connectivity index (χ1n) is 10.1. The van der Waals surface area contributed by atoms with Gasteiger partial charge in [0, 0.05) is 19.2 Å². The number of rotatable bonds is 8. The van der Waals surface area contributed by atoms with Crippen LogP contribution in [0, 0.1) is 12.8 Å². The predicted molar refractivity (Wildman–Crippen MR) is 116 cm³/mol. The van der Waals surface area contributed by atoms with Crippen molar-refractivity contribution in [1.29, 1.82) is 0 Å². The van der Waals surface area contributed by atoms with Crippen molar-refractivity contribution in [3.8, 4) is 10.6 Å². The quantitative estimate of drug-likeness (QED) is 0.473. The Morgan fingerprint density at radius 2 is 2.07 bits per heavy atom. The smallest absolute Gasteiger partial charge is 0.224 e. The number of para-hydroxylation sites is 1. The summed E-state index contributed by atoms with van der Waals surface area (Å²) in [4.78, 5) is 14.1. The second-order valence-electron chi connectivity index (χ2n) is 7.52. The number of fused-ring (bicyclic) bond motifs is 1. The molecule has 3 aromatic rings. The van der Waals surface area contributed by atoms with Crippen LogP contribution in [-0.2, 0) is 0 Å². The van der Waals surface area contributed by atoms with Gasteiger partial charge in [-0.3, -0.25) is 4.39 Å². The highest BCUT2D eigenvalue weighted by atomic mass is 32.1. The zero-order chi connectivity index (χ0) is 20.2. The van der Waals surface area contributed by atoms with Crippen LogP contribution in [0.2, 0.25) is 0 Å². The van der Waals surface area contributed by atoms with Gasteiger partial charge in [-0.25, -0.2) is 9.97 Å². The van der Waals surface area contributed by atoms with Gasteiger partial charge in [0.1, 0.15) is 10.8 Å². The molecular formula is C21H26FN5OS. The van der Waals surface area contributed by atoms with Gasteiger partial charge in [0.25, 0.3) is 0 Å². The molecule has 0 spiro atoms. The molecule has 29 heavy (non-hydrogen) atoms. The van der Waals surface area contributed by atoms with Crippen molar-refractivity contribution in [3.63, 3.8) is 0 Å². The maximum Gasteiger partial charge on any atom is 0.224 e. The standard InChI is InChI=1S/C21H26FN5OS/c1-13-18(20-26-16-5-2-3-6-17(16)29-20)19(25-15-8-7-14(11-15)12-28)27-21(24-13)23-10-4-9-22/h2-3,5-6,14-15,28H,4,7-12H2,1H3,(H2,23,24,25,27)/t14?,15-/m0/s1. The molecule has 1 saturated carbocycles. The first kappa shape index (κ1) is 20.0. The summed E-state index contributed by atoms with van der Waals surface area (Å²) in [5.74, 6) is 1.59. The SMILES string of the molecule is Cc1nc(NCCCF)nc(N[C@H]2CCC(CO)C2)c1-c1nc2ccccc2s1. The normalized spacial score (nSPS) is 19.0. The third-order valence-corrected chi connectivity index (χ3v) is 6.39. The highest BCUT2D eigenvalue weighted by molar-refractivity contribution is 7.21. The molecule has 1 aromatic carbocycles. The van der Waals surface area contributed by atoms with E-state index in [2.05, 4.69) is 21.7 Å². The van der Waals surface area contributed by atoms with Gasteiger partial charge in [-0.15, -0.1) is 11.3 Å². The van der Waals surface area contributed by atoms with Crippen LogP contribution >= 0.6 is 11.3 Å². The van der Waals surface area contributed by atoms with Crippen molar-refractivity contribution in [2.45, 2.75) is 38.6 Å². The van der Waals surface area contributed by atoms with Crippen LogP contribution in [0.5, 0.6) is 0 Å². The van der Waals surface area contributed by atoms with Crippen molar-refractivity contribution < 1.29 is 9.50 Å². The van der Waals surface area contributed by atoms with Crippen LogP contribution in [0.4, 0.5) is 16.2 Å². The zero-order valence-corrected chi connectivity index (χ0v) is 17.3. The van der Waals surface area contributed by atoms with Crippen molar-refractivity contribution in [2.24, 2.45) is 5.92 Å². The van der Waals surface area contributed by atoms with Gasteiger partial charge in [0.05, 0.1) is 28.1 Å². The monoisotopic (exact) mass is 415 g/mol. The molecule has 0 saturated heterocycles. The molecule has 1 aliphatic carbocycles. The van der Waals surface area contributed by atoms with Gasteiger partial charge in [0.2, 0.25) is 5.95 Å². The van der Waals surface area contributed by atoms with Crippen molar-refractivity contribution in [1.82, 2.24) is 15.0 Å². The number of halogens is 1. The fourth-order valence-electron chi connectivity index (χ4n) is 3.82. The maximum absolute atomic E-state index is 12.5. The maximum atomic E-state index is 12.5. The number of anilines is 2. The zero-order valence-electron chi connectivity index (χ0n) is 16.5. The van der Waals surface area contributed by atoms with Crippen LogP contribution in [0.3, 0.4) is 0 Å². The molecule has 1 aliphatic rings. The molecule has 2 atom stereocenters. The van der Waals surface area contributed by atoms with Crippen molar-refractivity contribution in [3.05, 3.63) is 30.0 Å². The largest absolute Gasteiger partial charge is 0.396 e. The van der Waals surface area contributed by atoms with Crippen LogP contribution < -0.4 is 10.6 Å². The van der Waals surface area contributed by atoms with Crippen LogP contribution in [0.1, 0.15) is 31.4 Å². The minimum atomic E-state index is -0.370. The van der Waals surface area contributed by atoms with Gasteiger partial charge in [-0.05, 0) is 50.7 Å². The van der Waals surface area contributed by atoms with E-state index < -0.39 is 0 Å². The fourth-order valence-corrected chi connectivity index (χ4v) is 4.89. The molecular weight excluding hydrogens is 389 g/mol. The summed E-state index contributed by atoms with van der Waals surface area (Å²) < 4.78 is 13.6. The van der Waals surface area contributed by atoms with Crippen LogP contribution in [-0.4, -0.2) is 45.9 Å². The fraction of sp³-hybridized carbons (Fsp3) is 0.476. The number of aliphatic hydroxyl groups is 1. The van der Waals surface area contributed by atoms with Gasteiger partial charge in [-0.2, -0.15) is 4.98 Å². The van der Waals surface area contributed by atoms with E-state index in [-0.39, 0.29) is 19.3 Å². The highest BCUT2D eigenvalue weighted by Gasteiger charge is 2.26. The number of benzene rings is 1. The van der Waals surface area contributed by atoms with E-state index in [0.29, 0.717) is 24.8 Å². The lowest BCUT2D eigenvalue weighted by Gasteiger charge is -2.18. The minimum absolute atomic E-state index is 0.224. The number of thiazole rings is 1. The Kier molecular flexibility index (Phi) is 6.20. The van der Waals surface area contributed by atoms with E-state index >= 15 is 0 Å². The van der Waals surface area contributed by atoms with E-state index in [9.17, 15) is 9.50 Å². The second-order valence-corrected chi connectivity index (χ2v) is 8.55. The second kappa shape index (κ2) is 9.00. The van der Waals surface area contributed by atoms with Crippen LogP contribution in [0.15, 0.2) is 24.3 Å². The number of nitrogens with one attached hydrogen (secondary N) is 2. The van der Waals surface area contributed by atoms with Crippen molar-refractivity contribution >= 4 is 33.3 Å². The van der Waals surface area contributed by atoms with E-state index in [0.717, 1.165) is 51.6 Å². The first-order chi connectivity index (χ1) is 14.2.